The molecule has 1 saturated heterocycles. The van der Waals surface area contributed by atoms with Crippen LogP contribution in [0.2, 0.25) is 0 Å². The summed E-state index contributed by atoms with van der Waals surface area (Å²) in [7, 11) is 0. The smallest absolute Gasteiger partial charge is 0.232 e. The second-order valence-electron chi connectivity index (χ2n) is 4.15. The Kier molecular flexibility index (Phi) is 3.59. The first kappa shape index (κ1) is 11.6. The van der Waals surface area contributed by atoms with Gasteiger partial charge in [0.2, 0.25) is 11.8 Å². The maximum absolute atomic E-state index is 11.7. The summed E-state index contributed by atoms with van der Waals surface area (Å²) < 4.78 is 0. The van der Waals surface area contributed by atoms with Gasteiger partial charge in [0.05, 0.1) is 0 Å². The third kappa shape index (κ3) is 1.95. The van der Waals surface area contributed by atoms with Gasteiger partial charge in [-0.25, -0.2) is 0 Å². The van der Waals surface area contributed by atoms with Crippen molar-refractivity contribution >= 4 is 24.4 Å². The van der Waals surface area contributed by atoms with E-state index >= 15 is 0 Å². The number of hydrogen-bond acceptors (Lipinski definition) is 3. The van der Waals surface area contributed by atoms with Crippen LogP contribution in [0, 0.1) is 17.8 Å². The summed E-state index contributed by atoms with van der Waals surface area (Å²) in [5.74, 6) is 0.583. The van der Waals surface area contributed by atoms with Crippen LogP contribution < -0.4 is 0 Å². The first-order valence-corrected chi connectivity index (χ1v) is 5.58. The van der Waals surface area contributed by atoms with Crippen LogP contribution in [0.1, 0.15) is 20.8 Å². The average Bonchev–Trinajstić information content (AvgIpc) is 2.35. The lowest BCUT2D eigenvalue weighted by Crippen LogP contribution is -2.35. The molecule has 0 saturated carbocycles. The van der Waals surface area contributed by atoms with Crippen LogP contribution in [0.15, 0.2) is 0 Å². The summed E-state index contributed by atoms with van der Waals surface area (Å²) in [6, 6.07) is 0. The van der Waals surface area contributed by atoms with Crippen LogP contribution >= 0.6 is 12.6 Å². The van der Waals surface area contributed by atoms with Crippen LogP contribution in [-0.2, 0) is 9.59 Å². The van der Waals surface area contributed by atoms with E-state index in [0.29, 0.717) is 12.3 Å². The minimum Gasteiger partial charge on any atom is -0.282 e. The Bertz CT molecular complexity index is 235. The van der Waals surface area contributed by atoms with Gasteiger partial charge in [-0.2, -0.15) is 12.6 Å². The molecule has 1 aliphatic rings. The molecule has 1 heterocycles. The number of amides is 2. The minimum atomic E-state index is -0.158. The van der Waals surface area contributed by atoms with Crippen molar-refractivity contribution < 1.29 is 9.59 Å². The van der Waals surface area contributed by atoms with Crippen molar-refractivity contribution in [1.82, 2.24) is 4.90 Å². The molecule has 0 N–H and O–H groups in total. The topological polar surface area (TPSA) is 37.4 Å². The van der Waals surface area contributed by atoms with Crippen molar-refractivity contribution in [2.45, 2.75) is 20.8 Å². The van der Waals surface area contributed by atoms with E-state index in [2.05, 4.69) is 12.6 Å². The van der Waals surface area contributed by atoms with Gasteiger partial charge < -0.3 is 0 Å². The summed E-state index contributed by atoms with van der Waals surface area (Å²) in [6.45, 7) is 6.13. The Morgan fingerprint density at radius 2 is 1.71 bits per heavy atom. The van der Waals surface area contributed by atoms with Gasteiger partial charge in [0.25, 0.3) is 0 Å². The third-order valence-electron chi connectivity index (χ3n) is 2.87. The Morgan fingerprint density at radius 1 is 1.29 bits per heavy atom. The normalized spacial score (nSPS) is 29.9. The molecule has 0 aromatic heterocycles. The lowest BCUT2D eigenvalue weighted by molar-refractivity contribution is -0.140. The highest BCUT2D eigenvalue weighted by atomic mass is 32.1. The molecule has 0 radical (unpaired) electrons. The standard InChI is InChI=1S/C10H17NO2S/c1-6(5-14)4-11-9(12)7(2)8(3)10(11)13/h6-8,14H,4-5H2,1-3H3. The van der Waals surface area contributed by atoms with Gasteiger partial charge in [-0.05, 0) is 11.7 Å². The molecular weight excluding hydrogens is 198 g/mol. The SMILES string of the molecule is CC(CS)CN1C(=O)C(C)C(C)C1=O. The molecule has 3 atom stereocenters. The molecule has 0 bridgehead atoms. The van der Waals surface area contributed by atoms with Crippen LogP contribution in [-0.4, -0.2) is 29.0 Å². The molecule has 0 aromatic rings. The summed E-state index contributed by atoms with van der Waals surface area (Å²) in [4.78, 5) is 24.7. The van der Waals surface area contributed by atoms with Gasteiger partial charge in [-0.15, -0.1) is 0 Å². The quantitative estimate of drug-likeness (QED) is 0.567. The maximum atomic E-state index is 11.7. The molecule has 80 valence electrons. The Balaban J connectivity index is 2.70. The lowest BCUT2D eigenvalue weighted by Gasteiger charge is -2.18. The molecule has 0 spiro atoms. The molecule has 1 fully saturated rings. The monoisotopic (exact) mass is 215 g/mol. The highest BCUT2D eigenvalue weighted by molar-refractivity contribution is 7.80. The lowest BCUT2D eigenvalue weighted by atomic mass is 10.00. The van der Waals surface area contributed by atoms with Crippen LogP contribution in [0.5, 0.6) is 0 Å². The first-order valence-electron chi connectivity index (χ1n) is 4.95. The van der Waals surface area contributed by atoms with E-state index in [-0.39, 0.29) is 29.6 Å². The van der Waals surface area contributed by atoms with Gasteiger partial charge in [0.1, 0.15) is 0 Å². The molecular formula is C10H17NO2S. The number of rotatable bonds is 3. The molecule has 3 unspecified atom stereocenters. The van der Waals surface area contributed by atoms with Crippen molar-refractivity contribution in [3.63, 3.8) is 0 Å². The van der Waals surface area contributed by atoms with Crippen molar-refractivity contribution in [2.75, 3.05) is 12.3 Å². The van der Waals surface area contributed by atoms with E-state index in [1.807, 2.05) is 20.8 Å². The number of likely N-dealkylation sites (tertiary alicyclic amines) is 1. The average molecular weight is 215 g/mol. The van der Waals surface area contributed by atoms with Gasteiger partial charge in [-0.1, -0.05) is 20.8 Å². The van der Waals surface area contributed by atoms with Crippen molar-refractivity contribution in [2.24, 2.45) is 17.8 Å². The van der Waals surface area contributed by atoms with E-state index in [1.165, 1.54) is 4.90 Å². The second-order valence-corrected chi connectivity index (χ2v) is 4.52. The number of carbonyl (C=O) groups excluding carboxylic acids is 2. The zero-order chi connectivity index (χ0) is 10.9. The van der Waals surface area contributed by atoms with Crippen molar-refractivity contribution in [1.29, 1.82) is 0 Å². The number of nitrogens with zero attached hydrogens (tertiary/aromatic N) is 1. The molecule has 3 nitrogen and oxygen atoms in total. The zero-order valence-electron chi connectivity index (χ0n) is 8.86. The molecule has 1 rings (SSSR count). The van der Waals surface area contributed by atoms with Crippen molar-refractivity contribution in [3.05, 3.63) is 0 Å². The first-order chi connectivity index (χ1) is 6.49. The fourth-order valence-corrected chi connectivity index (χ4v) is 1.69. The predicted octanol–water partition coefficient (Wildman–Crippen LogP) is 1.19. The van der Waals surface area contributed by atoms with E-state index in [0.717, 1.165) is 0 Å². The van der Waals surface area contributed by atoms with Crippen LogP contribution in [0.3, 0.4) is 0 Å². The molecule has 1 aliphatic heterocycles. The third-order valence-corrected chi connectivity index (χ3v) is 3.49. The fourth-order valence-electron chi connectivity index (χ4n) is 1.58. The summed E-state index contributed by atoms with van der Waals surface area (Å²) in [6.07, 6.45) is 0. The number of imide groups is 1. The summed E-state index contributed by atoms with van der Waals surface area (Å²) in [5, 5.41) is 0. The molecule has 14 heavy (non-hydrogen) atoms. The Labute approximate surface area is 90.3 Å². The predicted molar refractivity (Wildman–Crippen MR) is 58.1 cm³/mol. The summed E-state index contributed by atoms with van der Waals surface area (Å²) in [5.41, 5.74) is 0. The van der Waals surface area contributed by atoms with E-state index in [1.54, 1.807) is 0 Å². The van der Waals surface area contributed by atoms with Crippen LogP contribution in [0.25, 0.3) is 0 Å². The van der Waals surface area contributed by atoms with Crippen LogP contribution in [0.4, 0.5) is 0 Å². The number of hydrogen-bond donors (Lipinski definition) is 1. The fraction of sp³-hybridized carbons (Fsp3) is 0.800. The highest BCUT2D eigenvalue weighted by Crippen LogP contribution is 2.25. The Hall–Kier alpha value is -0.510. The van der Waals surface area contributed by atoms with Gasteiger partial charge in [0.15, 0.2) is 0 Å². The largest absolute Gasteiger partial charge is 0.282 e. The number of carbonyl (C=O) groups is 2. The molecule has 0 aliphatic carbocycles. The Morgan fingerprint density at radius 3 is 2.07 bits per heavy atom. The molecule has 2 amide bonds. The molecule has 4 heteroatoms. The minimum absolute atomic E-state index is 0.0314. The maximum Gasteiger partial charge on any atom is 0.232 e. The van der Waals surface area contributed by atoms with E-state index in [9.17, 15) is 9.59 Å². The van der Waals surface area contributed by atoms with E-state index < -0.39 is 0 Å². The van der Waals surface area contributed by atoms with Gasteiger partial charge in [0, 0.05) is 18.4 Å². The van der Waals surface area contributed by atoms with Gasteiger partial charge >= 0.3 is 0 Å². The van der Waals surface area contributed by atoms with Gasteiger partial charge in [-0.3, -0.25) is 14.5 Å². The zero-order valence-corrected chi connectivity index (χ0v) is 9.75. The molecule has 0 aromatic carbocycles. The number of thiol groups is 1. The summed E-state index contributed by atoms with van der Waals surface area (Å²) >= 11 is 4.14. The second kappa shape index (κ2) is 4.34. The van der Waals surface area contributed by atoms with Crippen molar-refractivity contribution in [3.8, 4) is 0 Å². The highest BCUT2D eigenvalue weighted by Gasteiger charge is 2.42. The van der Waals surface area contributed by atoms with E-state index in [4.69, 9.17) is 0 Å².